The topological polar surface area (TPSA) is 32.3 Å². The smallest absolute Gasteiger partial charge is 0.321 e. The number of nitrogens with zero attached hydrogens (tertiary/aromatic N) is 1. The standard InChI is InChI=1S/C14H17Cl3N2O/c1-2-5-19(8-9-3-4-9)14(20)18-13-7-11(16)10(15)6-12(13)17/h6-7,9H,2-5,8H2,1H3,(H,18,20). The zero-order chi connectivity index (χ0) is 14.7. The monoisotopic (exact) mass is 334 g/mol. The van der Waals surface area contributed by atoms with Crippen molar-refractivity contribution < 1.29 is 4.79 Å². The molecule has 6 heteroatoms. The highest BCUT2D eigenvalue weighted by molar-refractivity contribution is 6.44. The third-order valence-electron chi connectivity index (χ3n) is 3.21. The molecule has 20 heavy (non-hydrogen) atoms. The molecule has 110 valence electrons. The van der Waals surface area contributed by atoms with Crippen LogP contribution in [0.5, 0.6) is 0 Å². The van der Waals surface area contributed by atoms with Gasteiger partial charge in [0.05, 0.1) is 20.8 Å². The maximum Gasteiger partial charge on any atom is 0.321 e. The molecule has 0 radical (unpaired) electrons. The number of anilines is 1. The molecule has 1 saturated carbocycles. The summed E-state index contributed by atoms with van der Waals surface area (Å²) in [5.74, 6) is 0.650. The quantitative estimate of drug-likeness (QED) is 0.727. The molecule has 0 bridgehead atoms. The summed E-state index contributed by atoms with van der Waals surface area (Å²) < 4.78 is 0. The molecule has 0 spiro atoms. The fraction of sp³-hybridized carbons (Fsp3) is 0.500. The van der Waals surface area contributed by atoms with Crippen LogP contribution in [-0.4, -0.2) is 24.0 Å². The van der Waals surface area contributed by atoms with Gasteiger partial charge in [-0.25, -0.2) is 4.79 Å². The SMILES string of the molecule is CCCN(CC1CC1)C(=O)Nc1cc(Cl)c(Cl)cc1Cl. The summed E-state index contributed by atoms with van der Waals surface area (Å²) in [6, 6.07) is 2.97. The van der Waals surface area contributed by atoms with Gasteiger partial charge < -0.3 is 10.2 Å². The summed E-state index contributed by atoms with van der Waals surface area (Å²) in [7, 11) is 0. The van der Waals surface area contributed by atoms with Gasteiger partial charge in [-0.3, -0.25) is 0 Å². The highest BCUT2D eigenvalue weighted by Gasteiger charge is 2.26. The van der Waals surface area contributed by atoms with Gasteiger partial charge >= 0.3 is 6.03 Å². The number of rotatable bonds is 5. The summed E-state index contributed by atoms with van der Waals surface area (Å²) in [5.41, 5.74) is 0.489. The van der Waals surface area contributed by atoms with Crippen LogP contribution in [0.25, 0.3) is 0 Å². The zero-order valence-corrected chi connectivity index (χ0v) is 13.5. The molecule has 1 aliphatic carbocycles. The van der Waals surface area contributed by atoms with Crippen molar-refractivity contribution in [3.8, 4) is 0 Å². The van der Waals surface area contributed by atoms with Crippen molar-refractivity contribution >= 4 is 46.5 Å². The molecule has 0 saturated heterocycles. The van der Waals surface area contributed by atoms with Crippen molar-refractivity contribution in [2.24, 2.45) is 5.92 Å². The number of halogens is 3. The Labute approximate surface area is 134 Å². The molecule has 1 N–H and O–H groups in total. The Bertz CT molecular complexity index is 503. The predicted octanol–water partition coefficient (Wildman–Crippen LogP) is 5.30. The van der Waals surface area contributed by atoms with Gasteiger partial charge in [0, 0.05) is 13.1 Å². The maximum atomic E-state index is 12.3. The molecule has 1 aromatic rings. The third-order valence-corrected chi connectivity index (χ3v) is 4.24. The minimum Gasteiger partial charge on any atom is -0.324 e. The molecular weight excluding hydrogens is 319 g/mol. The van der Waals surface area contributed by atoms with Crippen molar-refractivity contribution in [1.29, 1.82) is 0 Å². The largest absolute Gasteiger partial charge is 0.324 e. The van der Waals surface area contributed by atoms with Crippen LogP contribution < -0.4 is 5.32 Å². The highest BCUT2D eigenvalue weighted by Crippen LogP contribution is 2.33. The zero-order valence-electron chi connectivity index (χ0n) is 11.3. The van der Waals surface area contributed by atoms with E-state index < -0.39 is 0 Å². The first kappa shape index (κ1) is 15.7. The van der Waals surface area contributed by atoms with Crippen LogP contribution >= 0.6 is 34.8 Å². The molecule has 2 rings (SSSR count). The van der Waals surface area contributed by atoms with E-state index in [1.165, 1.54) is 18.9 Å². The van der Waals surface area contributed by atoms with E-state index in [-0.39, 0.29) is 6.03 Å². The molecule has 0 atom stereocenters. The predicted molar refractivity (Wildman–Crippen MR) is 85.1 cm³/mol. The Kier molecular flexibility index (Phi) is 5.42. The molecule has 3 nitrogen and oxygen atoms in total. The second kappa shape index (κ2) is 6.88. The van der Waals surface area contributed by atoms with Crippen LogP contribution in [0, 0.1) is 5.92 Å². The van der Waals surface area contributed by atoms with Crippen molar-refractivity contribution in [3.63, 3.8) is 0 Å². The van der Waals surface area contributed by atoms with Gasteiger partial charge in [0.25, 0.3) is 0 Å². The number of carbonyl (C=O) groups is 1. The molecule has 0 unspecified atom stereocenters. The van der Waals surface area contributed by atoms with Gasteiger partial charge in [0.2, 0.25) is 0 Å². The van der Waals surface area contributed by atoms with Crippen LogP contribution in [0.4, 0.5) is 10.5 Å². The summed E-state index contributed by atoms with van der Waals surface area (Å²) in [4.78, 5) is 14.1. The number of carbonyl (C=O) groups excluding carboxylic acids is 1. The third kappa shape index (κ3) is 4.18. The Hall–Kier alpha value is -0.640. The van der Waals surface area contributed by atoms with E-state index in [2.05, 4.69) is 12.2 Å². The van der Waals surface area contributed by atoms with Crippen molar-refractivity contribution in [2.75, 3.05) is 18.4 Å². The van der Waals surface area contributed by atoms with Crippen LogP contribution in [-0.2, 0) is 0 Å². The van der Waals surface area contributed by atoms with Crippen molar-refractivity contribution in [3.05, 3.63) is 27.2 Å². The van der Waals surface area contributed by atoms with Crippen LogP contribution in [0.15, 0.2) is 12.1 Å². The lowest BCUT2D eigenvalue weighted by Crippen LogP contribution is -2.37. The minimum absolute atomic E-state index is 0.140. The van der Waals surface area contributed by atoms with Crippen LogP contribution in [0.3, 0.4) is 0 Å². The lowest BCUT2D eigenvalue weighted by atomic mass is 10.3. The van der Waals surface area contributed by atoms with Crippen LogP contribution in [0.1, 0.15) is 26.2 Å². The van der Waals surface area contributed by atoms with E-state index in [1.807, 2.05) is 4.90 Å². The van der Waals surface area contributed by atoms with Crippen molar-refractivity contribution in [1.82, 2.24) is 4.90 Å². The van der Waals surface area contributed by atoms with Gasteiger partial charge in [0.1, 0.15) is 0 Å². The van der Waals surface area contributed by atoms with E-state index in [0.29, 0.717) is 26.7 Å². The first-order valence-electron chi connectivity index (χ1n) is 6.71. The van der Waals surface area contributed by atoms with Gasteiger partial charge in [0.15, 0.2) is 0 Å². The molecule has 1 fully saturated rings. The number of nitrogens with one attached hydrogen (secondary N) is 1. The van der Waals surface area contributed by atoms with E-state index in [4.69, 9.17) is 34.8 Å². The van der Waals surface area contributed by atoms with Crippen molar-refractivity contribution in [2.45, 2.75) is 26.2 Å². The number of urea groups is 1. The van der Waals surface area contributed by atoms with Gasteiger partial charge in [-0.2, -0.15) is 0 Å². The second-order valence-electron chi connectivity index (χ2n) is 5.07. The lowest BCUT2D eigenvalue weighted by molar-refractivity contribution is 0.209. The number of amides is 2. The average Bonchev–Trinajstić information content (AvgIpc) is 3.19. The van der Waals surface area contributed by atoms with Crippen LogP contribution in [0.2, 0.25) is 15.1 Å². The summed E-state index contributed by atoms with van der Waals surface area (Å²) in [6.45, 7) is 3.60. The number of hydrogen-bond acceptors (Lipinski definition) is 1. The first-order valence-corrected chi connectivity index (χ1v) is 7.85. The van der Waals surface area contributed by atoms with E-state index >= 15 is 0 Å². The second-order valence-corrected chi connectivity index (χ2v) is 6.29. The Balaban J connectivity index is 2.06. The first-order chi connectivity index (χ1) is 9.51. The Morgan fingerprint density at radius 3 is 2.50 bits per heavy atom. The van der Waals surface area contributed by atoms with E-state index in [9.17, 15) is 4.79 Å². The summed E-state index contributed by atoms with van der Waals surface area (Å²) >= 11 is 17.9. The fourth-order valence-corrected chi connectivity index (χ4v) is 2.56. The molecule has 0 heterocycles. The highest BCUT2D eigenvalue weighted by atomic mass is 35.5. The summed E-state index contributed by atoms with van der Waals surface area (Å²) in [5, 5.41) is 3.94. The molecule has 0 aliphatic heterocycles. The van der Waals surface area contributed by atoms with E-state index in [1.54, 1.807) is 6.07 Å². The van der Waals surface area contributed by atoms with Gasteiger partial charge in [-0.15, -0.1) is 0 Å². The fourth-order valence-electron chi connectivity index (χ4n) is 1.97. The molecule has 1 aliphatic rings. The number of hydrogen-bond donors (Lipinski definition) is 1. The number of benzene rings is 1. The molecular formula is C14H17Cl3N2O. The maximum absolute atomic E-state index is 12.3. The van der Waals surface area contributed by atoms with E-state index in [0.717, 1.165) is 19.5 Å². The molecule has 2 amide bonds. The average molecular weight is 336 g/mol. The minimum atomic E-state index is -0.140. The van der Waals surface area contributed by atoms with Gasteiger partial charge in [-0.1, -0.05) is 41.7 Å². The molecule has 0 aromatic heterocycles. The Morgan fingerprint density at radius 2 is 1.90 bits per heavy atom. The normalized spacial score (nSPS) is 14.2. The van der Waals surface area contributed by atoms with Gasteiger partial charge in [-0.05, 0) is 37.3 Å². The Morgan fingerprint density at radius 1 is 1.25 bits per heavy atom. The lowest BCUT2D eigenvalue weighted by Gasteiger charge is -2.23. The molecule has 1 aromatic carbocycles. The summed E-state index contributed by atoms with van der Waals surface area (Å²) in [6.07, 6.45) is 3.34.